The van der Waals surface area contributed by atoms with Crippen molar-refractivity contribution in [3.05, 3.63) is 52.2 Å². The summed E-state index contributed by atoms with van der Waals surface area (Å²) in [4.78, 5) is 16.6. The third-order valence-corrected chi connectivity index (χ3v) is 3.83. The van der Waals surface area contributed by atoms with E-state index in [0.717, 1.165) is 29.9 Å². The summed E-state index contributed by atoms with van der Waals surface area (Å²) in [6.07, 6.45) is 2.44. The molecule has 0 spiro atoms. The Morgan fingerprint density at radius 3 is 2.71 bits per heavy atom. The lowest BCUT2D eigenvalue weighted by atomic mass is 10.1. The highest BCUT2D eigenvalue weighted by atomic mass is 35.5. The Labute approximate surface area is 147 Å². The summed E-state index contributed by atoms with van der Waals surface area (Å²) in [5.74, 6) is 0.495. The molecule has 5 nitrogen and oxygen atoms in total. The SMILES string of the molecule is COCCCNc1ccc(C(=O)Nc2c(C)cc(C)cc2Cl)cn1. The zero-order valence-corrected chi connectivity index (χ0v) is 14.9. The van der Waals surface area contributed by atoms with Gasteiger partial charge in [-0.1, -0.05) is 17.7 Å². The van der Waals surface area contributed by atoms with E-state index in [9.17, 15) is 4.79 Å². The minimum atomic E-state index is -0.234. The molecule has 0 fully saturated rings. The number of rotatable bonds is 7. The molecular weight excluding hydrogens is 326 g/mol. The van der Waals surface area contributed by atoms with E-state index in [4.69, 9.17) is 16.3 Å². The number of halogens is 1. The van der Waals surface area contributed by atoms with E-state index in [2.05, 4.69) is 15.6 Å². The maximum Gasteiger partial charge on any atom is 0.257 e. The van der Waals surface area contributed by atoms with Crippen LogP contribution in [0.25, 0.3) is 0 Å². The predicted octanol–water partition coefficient (Wildman–Crippen LogP) is 4.05. The van der Waals surface area contributed by atoms with Gasteiger partial charge in [0.05, 0.1) is 16.3 Å². The van der Waals surface area contributed by atoms with Gasteiger partial charge in [0.15, 0.2) is 0 Å². The quantitative estimate of drug-likeness (QED) is 0.741. The van der Waals surface area contributed by atoms with Gasteiger partial charge in [-0.05, 0) is 49.6 Å². The lowest BCUT2D eigenvalue weighted by Gasteiger charge is -2.12. The smallest absolute Gasteiger partial charge is 0.257 e. The van der Waals surface area contributed by atoms with Gasteiger partial charge in [-0.2, -0.15) is 0 Å². The highest BCUT2D eigenvalue weighted by Crippen LogP contribution is 2.27. The standard InChI is InChI=1S/C18H22ClN3O2/c1-12-9-13(2)17(15(19)10-12)22-18(23)14-5-6-16(21-11-14)20-7-4-8-24-3/h5-6,9-11H,4,7-8H2,1-3H3,(H,20,21)(H,22,23). The summed E-state index contributed by atoms with van der Waals surface area (Å²) in [7, 11) is 1.67. The number of pyridine rings is 1. The molecule has 2 N–H and O–H groups in total. The monoisotopic (exact) mass is 347 g/mol. The van der Waals surface area contributed by atoms with Crippen LogP contribution in [0.3, 0.4) is 0 Å². The number of carbonyl (C=O) groups is 1. The van der Waals surface area contributed by atoms with Gasteiger partial charge in [0.2, 0.25) is 0 Å². The third kappa shape index (κ3) is 4.94. The van der Waals surface area contributed by atoms with Crippen LogP contribution >= 0.6 is 11.6 Å². The fraction of sp³-hybridized carbons (Fsp3) is 0.333. The molecule has 1 aromatic carbocycles. The number of nitrogens with zero attached hydrogens (tertiary/aromatic N) is 1. The lowest BCUT2D eigenvalue weighted by Crippen LogP contribution is -2.14. The number of carbonyl (C=O) groups excluding carboxylic acids is 1. The number of methoxy groups -OCH3 is 1. The molecule has 0 aliphatic rings. The Morgan fingerprint density at radius 2 is 2.08 bits per heavy atom. The molecular formula is C18H22ClN3O2. The van der Waals surface area contributed by atoms with Gasteiger partial charge in [0.25, 0.3) is 5.91 Å². The van der Waals surface area contributed by atoms with Crippen LogP contribution in [0.2, 0.25) is 5.02 Å². The molecule has 0 atom stereocenters. The van der Waals surface area contributed by atoms with E-state index in [1.54, 1.807) is 25.4 Å². The molecule has 0 unspecified atom stereocenters. The number of aromatic nitrogens is 1. The van der Waals surface area contributed by atoms with Crippen LogP contribution in [0.1, 0.15) is 27.9 Å². The van der Waals surface area contributed by atoms with Crippen molar-refractivity contribution < 1.29 is 9.53 Å². The summed E-state index contributed by atoms with van der Waals surface area (Å²) in [6.45, 7) is 5.35. The number of hydrogen-bond donors (Lipinski definition) is 2. The van der Waals surface area contributed by atoms with Crippen molar-refractivity contribution in [2.24, 2.45) is 0 Å². The molecule has 6 heteroatoms. The molecule has 0 aliphatic carbocycles. The molecule has 0 bridgehead atoms. The minimum Gasteiger partial charge on any atom is -0.385 e. The highest BCUT2D eigenvalue weighted by molar-refractivity contribution is 6.34. The average Bonchev–Trinajstić information content (AvgIpc) is 2.55. The van der Waals surface area contributed by atoms with Crippen LogP contribution in [0.4, 0.5) is 11.5 Å². The summed E-state index contributed by atoms with van der Waals surface area (Å²) in [5, 5.41) is 6.56. The summed E-state index contributed by atoms with van der Waals surface area (Å²) >= 11 is 6.22. The topological polar surface area (TPSA) is 63.2 Å². The first-order valence-electron chi connectivity index (χ1n) is 7.78. The predicted molar refractivity (Wildman–Crippen MR) is 98.1 cm³/mol. The molecule has 0 radical (unpaired) electrons. The number of benzene rings is 1. The highest BCUT2D eigenvalue weighted by Gasteiger charge is 2.11. The van der Waals surface area contributed by atoms with E-state index in [1.807, 2.05) is 26.0 Å². The largest absolute Gasteiger partial charge is 0.385 e. The van der Waals surface area contributed by atoms with Gasteiger partial charge in [-0.25, -0.2) is 4.98 Å². The Kier molecular flexibility index (Phi) is 6.58. The van der Waals surface area contributed by atoms with Crippen LogP contribution in [-0.4, -0.2) is 31.2 Å². The average molecular weight is 348 g/mol. The number of hydrogen-bond acceptors (Lipinski definition) is 4. The number of amides is 1. The second-order valence-electron chi connectivity index (χ2n) is 5.60. The first-order valence-corrected chi connectivity index (χ1v) is 8.16. The van der Waals surface area contributed by atoms with E-state index in [-0.39, 0.29) is 5.91 Å². The Hall–Kier alpha value is -2.11. The fourth-order valence-electron chi connectivity index (χ4n) is 2.33. The third-order valence-electron chi connectivity index (χ3n) is 3.53. The Bertz CT molecular complexity index is 679. The van der Waals surface area contributed by atoms with Crippen molar-refractivity contribution in [3.8, 4) is 0 Å². The minimum absolute atomic E-state index is 0.234. The van der Waals surface area contributed by atoms with E-state index >= 15 is 0 Å². The van der Waals surface area contributed by atoms with Crippen LogP contribution < -0.4 is 10.6 Å². The van der Waals surface area contributed by atoms with Crippen LogP contribution in [0, 0.1) is 13.8 Å². The zero-order valence-electron chi connectivity index (χ0n) is 14.1. The molecule has 1 amide bonds. The normalized spacial score (nSPS) is 10.5. The Morgan fingerprint density at radius 1 is 1.29 bits per heavy atom. The summed E-state index contributed by atoms with van der Waals surface area (Å²) in [5.41, 5.74) is 3.10. The molecule has 0 aliphatic heterocycles. The Balaban J connectivity index is 2.00. The molecule has 1 aromatic heterocycles. The lowest BCUT2D eigenvalue weighted by molar-refractivity contribution is 0.102. The molecule has 2 aromatic rings. The van der Waals surface area contributed by atoms with Crippen molar-refractivity contribution >= 4 is 29.0 Å². The van der Waals surface area contributed by atoms with Gasteiger partial charge in [0.1, 0.15) is 5.82 Å². The first kappa shape index (κ1) is 18.2. The van der Waals surface area contributed by atoms with Crippen molar-refractivity contribution in [3.63, 3.8) is 0 Å². The molecule has 0 saturated heterocycles. The van der Waals surface area contributed by atoms with Crippen molar-refractivity contribution in [1.29, 1.82) is 0 Å². The fourth-order valence-corrected chi connectivity index (χ4v) is 2.69. The summed E-state index contributed by atoms with van der Waals surface area (Å²) < 4.78 is 4.99. The molecule has 128 valence electrons. The maximum atomic E-state index is 12.4. The molecule has 2 rings (SSSR count). The van der Waals surface area contributed by atoms with Crippen molar-refractivity contribution in [2.45, 2.75) is 20.3 Å². The van der Waals surface area contributed by atoms with Crippen LogP contribution in [-0.2, 0) is 4.74 Å². The molecule has 24 heavy (non-hydrogen) atoms. The van der Waals surface area contributed by atoms with Gasteiger partial charge in [-0.15, -0.1) is 0 Å². The van der Waals surface area contributed by atoms with Gasteiger partial charge >= 0.3 is 0 Å². The maximum absolute atomic E-state index is 12.4. The first-order chi connectivity index (χ1) is 11.5. The molecule has 0 saturated carbocycles. The number of anilines is 2. The number of aryl methyl sites for hydroxylation is 2. The second-order valence-corrected chi connectivity index (χ2v) is 6.01. The van der Waals surface area contributed by atoms with E-state index in [1.165, 1.54) is 0 Å². The van der Waals surface area contributed by atoms with Crippen LogP contribution in [0.5, 0.6) is 0 Å². The van der Waals surface area contributed by atoms with Gasteiger partial charge in [0, 0.05) is 26.5 Å². The molecule has 1 heterocycles. The second kappa shape index (κ2) is 8.66. The van der Waals surface area contributed by atoms with E-state index in [0.29, 0.717) is 22.9 Å². The zero-order chi connectivity index (χ0) is 17.5. The van der Waals surface area contributed by atoms with Crippen molar-refractivity contribution in [1.82, 2.24) is 4.98 Å². The number of ether oxygens (including phenoxy) is 1. The van der Waals surface area contributed by atoms with Gasteiger partial charge in [-0.3, -0.25) is 4.79 Å². The summed E-state index contributed by atoms with van der Waals surface area (Å²) in [6, 6.07) is 7.33. The number of nitrogens with one attached hydrogen (secondary N) is 2. The van der Waals surface area contributed by atoms with Crippen LogP contribution in [0.15, 0.2) is 30.5 Å². The van der Waals surface area contributed by atoms with E-state index < -0.39 is 0 Å². The van der Waals surface area contributed by atoms with Gasteiger partial charge < -0.3 is 15.4 Å². The van der Waals surface area contributed by atoms with Crippen molar-refractivity contribution in [2.75, 3.05) is 30.9 Å².